The van der Waals surface area contributed by atoms with E-state index in [1.165, 1.54) is 9.98 Å². The van der Waals surface area contributed by atoms with Crippen LogP contribution in [0.4, 0.5) is 0 Å². The Kier molecular flexibility index (Phi) is 2.86. The van der Waals surface area contributed by atoms with Crippen molar-refractivity contribution in [1.82, 2.24) is 0 Å². The fourth-order valence-electron chi connectivity index (χ4n) is 0.826. The number of rotatable bonds is 2. The van der Waals surface area contributed by atoms with Crippen molar-refractivity contribution in [2.45, 2.75) is 6.92 Å². The monoisotopic (exact) mass is 214 g/mol. The van der Waals surface area contributed by atoms with Crippen LogP contribution >= 0.6 is 0 Å². The maximum absolute atomic E-state index is 5.03. The van der Waals surface area contributed by atoms with Gasteiger partial charge in [-0.25, -0.2) is 0 Å². The molecule has 0 heterocycles. The summed E-state index contributed by atoms with van der Waals surface area (Å²) in [6.07, 6.45) is 0. The molecular weight excluding hydrogens is 203 g/mol. The Morgan fingerprint density at radius 1 is 1.27 bits per heavy atom. The van der Waals surface area contributed by atoms with Gasteiger partial charge in [0.1, 0.15) is 0 Å². The summed E-state index contributed by atoms with van der Waals surface area (Å²) in [5, 5.41) is 0. The van der Waals surface area contributed by atoms with Crippen LogP contribution in [0.1, 0.15) is 12.5 Å². The van der Waals surface area contributed by atoms with Crippen molar-refractivity contribution in [2.24, 2.45) is 0 Å². The topological polar surface area (TPSA) is 9.23 Å². The van der Waals surface area contributed by atoms with Gasteiger partial charge in [0.05, 0.1) is 0 Å². The third-order valence-electron chi connectivity index (χ3n) is 1.50. The molecule has 1 aromatic carbocycles. The van der Waals surface area contributed by atoms with Gasteiger partial charge in [0.25, 0.3) is 0 Å². The van der Waals surface area contributed by atoms with Crippen molar-refractivity contribution in [3.8, 4) is 5.75 Å². The molecule has 0 amide bonds. The van der Waals surface area contributed by atoms with Gasteiger partial charge in [-0.15, -0.1) is 0 Å². The van der Waals surface area contributed by atoms with E-state index in [-0.39, 0.29) is 0 Å². The summed E-state index contributed by atoms with van der Waals surface area (Å²) in [4.78, 5) is 0. The van der Waals surface area contributed by atoms with E-state index in [4.69, 9.17) is 4.74 Å². The molecule has 0 fully saturated rings. The Morgan fingerprint density at radius 2 is 1.82 bits per heavy atom. The van der Waals surface area contributed by atoms with Gasteiger partial charge in [-0.2, -0.15) is 0 Å². The molecule has 0 bridgehead atoms. The van der Waals surface area contributed by atoms with Crippen molar-refractivity contribution in [1.29, 1.82) is 0 Å². The van der Waals surface area contributed by atoms with Crippen LogP contribution in [-0.2, 0) is 0 Å². The average molecular weight is 213 g/mol. The molecule has 0 N–H and O–H groups in total. The molecule has 1 nitrogen and oxygen atoms in total. The first-order valence-corrected chi connectivity index (χ1v) is 4.24. The molecule has 0 saturated heterocycles. The van der Waals surface area contributed by atoms with Crippen molar-refractivity contribution < 1.29 is 4.74 Å². The fourth-order valence-corrected chi connectivity index (χ4v) is 1.11. The van der Waals surface area contributed by atoms with E-state index in [2.05, 4.69) is 15.6 Å². The minimum atomic E-state index is 0.898. The third-order valence-corrected chi connectivity index (χ3v) is 1.99. The summed E-state index contributed by atoms with van der Waals surface area (Å²) in [6.45, 7) is 2.04. The zero-order valence-corrected chi connectivity index (χ0v) is 8.34. The van der Waals surface area contributed by atoms with E-state index in [0.29, 0.717) is 0 Å². The standard InChI is InChI=1S/C9H10OSe/c1-7(11)8-3-5-9(10-2)6-4-8/h3-6H,1-2H3. The zero-order valence-electron chi connectivity index (χ0n) is 6.63. The normalized spacial score (nSPS) is 9.27. The van der Waals surface area contributed by atoms with Crippen LogP contribution in [0, 0.1) is 0 Å². The molecule has 11 heavy (non-hydrogen) atoms. The van der Waals surface area contributed by atoms with Crippen molar-refractivity contribution >= 4 is 20.0 Å². The van der Waals surface area contributed by atoms with Gasteiger partial charge in [0.15, 0.2) is 0 Å². The molecule has 2 heteroatoms. The van der Waals surface area contributed by atoms with E-state index >= 15 is 0 Å². The van der Waals surface area contributed by atoms with E-state index in [0.717, 1.165) is 5.75 Å². The van der Waals surface area contributed by atoms with Gasteiger partial charge in [0, 0.05) is 0 Å². The molecule has 58 valence electrons. The molecule has 0 aromatic heterocycles. The number of benzene rings is 1. The Balaban J connectivity index is 2.91. The quantitative estimate of drug-likeness (QED) is 0.675. The summed E-state index contributed by atoms with van der Waals surface area (Å²) < 4.78 is 6.23. The molecule has 0 saturated carbocycles. The van der Waals surface area contributed by atoms with Gasteiger partial charge in [-0.1, -0.05) is 0 Å². The van der Waals surface area contributed by atoms with Crippen LogP contribution in [0.2, 0.25) is 0 Å². The second kappa shape index (κ2) is 3.70. The van der Waals surface area contributed by atoms with Crippen LogP contribution in [-0.4, -0.2) is 27.1 Å². The van der Waals surface area contributed by atoms with Gasteiger partial charge in [-0.3, -0.25) is 0 Å². The summed E-state index contributed by atoms with van der Waals surface area (Å²) >= 11 is 2.97. The molecule has 1 aromatic rings. The summed E-state index contributed by atoms with van der Waals surface area (Å²) in [7, 11) is 1.67. The molecule has 0 aliphatic rings. The molecule has 0 unspecified atom stereocenters. The SMILES string of the molecule is COc1ccc(C(C)=[Se])cc1. The predicted octanol–water partition coefficient (Wildman–Crippen LogP) is 1.40. The number of hydrogen-bond acceptors (Lipinski definition) is 1. The first-order valence-electron chi connectivity index (χ1n) is 3.39. The molecule has 1 rings (SSSR count). The van der Waals surface area contributed by atoms with Crippen LogP contribution in [0.15, 0.2) is 24.3 Å². The number of methoxy groups -OCH3 is 1. The number of ether oxygens (including phenoxy) is 1. The van der Waals surface area contributed by atoms with Gasteiger partial charge >= 0.3 is 74.3 Å². The van der Waals surface area contributed by atoms with Crippen LogP contribution in [0.5, 0.6) is 5.75 Å². The van der Waals surface area contributed by atoms with Crippen LogP contribution in [0.25, 0.3) is 0 Å². The van der Waals surface area contributed by atoms with Crippen LogP contribution < -0.4 is 4.74 Å². The average Bonchev–Trinajstić information content (AvgIpc) is 2.05. The third kappa shape index (κ3) is 2.18. The maximum atomic E-state index is 5.03. The summed E-state index contributed by atoms with van der Waals surface area (Å²) in [6, 6.07) is 7.97. The van der Waals surface area contributed by atoms with Gasteiger partial charge in [0.2, 0.25) is 0 Å². The van der Waals surface area contributed by atoms with E-state index in [9.17, 15) is 0 Å². The molecule has 0 atom stereocenters. The Hall–Kier alpha value is -0.591. The van der Waals surface area contributed by atoms with Gasteiger partial charge in [-0.05, 0) is 0 Å². The van der Waals surface area contributed by atoms with Crippen molar-refractivity contribution in [3.05, 3.63) is 29.8 Å². The Morgan fingerprint density at radius 3 is 2.18 bits per heavy atom. The first kappa shape index (κ1) is 8.51. The van der Waals surface area contributed by atoms with Crippen molar-refractivity contribution in [2.75, 3.05) is 7.11 Å². The number of hydrogen-bond donors (Lipinski definition) is 0. The van der Waals surface area contributed by atoms with E-state index in [1.54, 1.807) is 7.11 Å². The molecular formula is C9H10OSe. The summed E-state index contributed by atoms with van der Waals surface area (Å²) in [5.41, 5.74) is 1.21. The molecule has 0 aliphatic carbocycles. The Bertz CT molecular complexity index is 251. The van der Waals surface area contributed by atoms with Gasteiger partial charge < -0.3 is 0 Å². The fraction of sp³-hybridized carbons (Fsp3) is 0.222. The second-order valence-corrected chi connectivity index (χ2v) is 3.57. The molecule has 0 spiro atoms. The zero-order chi connectivity index (χ0) is 8.27. The van der Waals surface area contributed by atoms with Crippen molar-refractivity contribution in [3.63, 3.8) is 0 Å². The van der Waals surface area contributed by atoms with E-state index < -0.39 is 0 Å². The second-order valence-electron chi connectivity index (χ2n) is 2.28. The summed E-state index contributed by atoms with van der Waals surface area (Å²) in [5.74, 6) is 0.898. The minimum absolute atomic E-state index is 0.898. The van der Waals surface area contributed by atoms with Crippen LogP contribution in [0.3, 0.4) is 0 Å². The predicted molar refractivity (Wildman–Crippen MR) is 48.5 cm³/mol. The molecule has 0 radical (unpaired) electrons. The Labute approximate surface area is 74.7 Å². The molecule has 0 aliphatic heterocycles. The van der Waals surface area contributed by atoms with E-state index in [1.807, 2.05) is 31.2 Å². The first-order chi connectivity index (χ1) is 5.24.